The lowest BCUT2D eigenvalue weighted by Gasteiger charge is -2.27. The molecule has 0 aromatic carbocycles. The summed E-state index contributed by atoms with van der Waals surface area (Å²) >= 11 is 1.11. The molecule has 1 fully saturated rings. The number of rotatable bonds is 10. The molecule has 30 heavy (non-hydrogen) atoms. The van der Waals surface area contributed by atoms with Gasteiger partial charge < -0.3 is 9.88 Å². The third-order valence-corrected chi connectivity index (χ3v) is 7.87. The van der Waals surface area contributed by atoms with E-state index in [1.165, 1.54) is 11.6 Å². The van der Waals surface area contributed by atoms with Gasteiger partial charge in [0, 0.05) is 19.7 Å². The van der Waals surface area contributed by atoms with Crippen molar-refractivity contribution in [2.75, 3.05) is 45.4 Å². The number of nitrogens with one attached hydrogen (secondary N) is 2. The highest BCUT2D eigenvalue weighted by molar-refractivity contribution is 8.13. The Morgan fingerprint density at radius 1 is 1.50 bits per heavy atom. The number of imidazole rings is 1. The molecule has 1 saturated carbocycles. The zero-order valence-electron chi connectivity index (χ0n) is 17.7. The number of aromatic nitrogens is 4. The molecule has 13 heteroatoms. The lowest BCUT2D eigenvalue weighted by atomic mass is 10.2. The van der Waals surface area contributed by atoms with E-state index in [9.17, 15) is 14.2 Å². The molecule has 0 bridgehead atoms. The monoisotopic (exact) mass is 458 g/mol. The van der Waals surface area contributed by atoms with Crippen LogP contribution in [0.15, 0.2) is 11.1 Å². The minimum Gasteiger partial charge on any atom is -0.359 e. The van der Waals surface area contributed by atoms with E-state index in [0.717, 1.165) is 18.2 Å². The van der Waals surface area contributed by atoms with Gasteiger partial charge in [-0.15, -0.1) is 0 Å². The summed E-state index contributed by atoms with van der Waals surface area (Å²) in [5.41, 5.74) is -0.183. The van der Waals surface area contributed by atoms with E-state index < -0.39 is 13.3 Å². The quantitative estimate of drug-likeness (QED) is 0.402. The lowest BCUT2D eigenvalue weighted by Crippen LogP contribution is -2.27. The first-order valence-electron chi connectivity index (χ1n) is 9.49. The molecule has 0 saturated heterocycles. The van der Waals surface area contributed by atoms with Crippen LogP contribution in [-0.4, -0.2) is 69.4 Å². The lowest BCUT2D eigenvalue weighted by molar-refractivity contribution is -0.109. The van der Waals surface area contributed by atoms with E-state index in [-0.39, 0.29) is 35.3 Å². The summed E-state index contributed by atoms with van der Waals surface area (Å²) in [5, 5.41) is 2.80. The molecule has 11 nitrogen and oxygen atoms in total. The highest BCUT2D eigenvalue weighted by atomic mass is 32.2. The summed E-state index contributed by atoms with van der Waals surface area (Å²) < 4.78 is 27.8. The predicted octanol–water partition coefficient (Wildman–Crippen LogP) is 1.88. The summed E-state index contributed by atoms with van der Waals surface area (Å²) in [6, 6.07) is 0. The molecule has 1 aliphatic carbocycles. The minimum atomic E-state index is -3.55. The maximum absolute atomic E-state index is 13.2. The number of H-pyrrole nitrogens is 1. The molecule has 166 valence electrons. The Hall–Kier alpha value is -1.72. The number of nitrogens with zero attached hydrogens (tertiary/aromatic N) is 4. The molecule has 3 unspecified atom stereocenters. The van der Waals surface area contributed by atoms with Gasteiger partial charge in [0.15, 0.2) is 16.3 Å². The Kier molecular flexibility index (Phi) is 6.73. The predicted molar refractivity (Wildman–Crippen MR) is 116 cm³/mol. The zero-order chi connectivity index (χ0) is 22.1. The van der Waals surface area contributed by atoms with Gasteiger partial charge in [-0.25, -0.2) is 14.2 Å². The number of hydrogen-bond donors (Lipinski definition) is 2. The van der Waals surface area contributed by atoms with Gasteiger partial charge in [-0.05, 0) is 26.4 Å². The average molecular weight is 458 g/mol. The van der Waals surface area contributed by atoms with Crippen molar-refractivity contribution in [1.29, 1.82) is 0 Å². The summed E-state index contributed by atoms with van der Waals surface area (Å²) in [7, 11) is 1.36. The number of hydrogen-bond acceptors (Lipinski definition) is 9. The van der Waals surface area contributed by atoms with E-state index in [1.54, 1.807) is 27.5 Å². The minimum absolute atomic E-state index is 0.0274. The highest BCUT2D eigenvalue weighted by Crippen LogP contribution is 2.57. The summed E-state index contributed by atoms with van der Waals surface area (Å²) in [6.45, 7) is 3.75. The van der Waals surface area contributed by atoms with Crippen LogP contribution in [0.4, 0.5) is 5.95 Å². The number of carbonyl (C=O) groups excluding carboxylic acids is 1. The molecule has 0 amide bonds. The molecule has 2 aromatic rings. The van der Waals surface area contributed by atoms with Crippen LogP contribution in [0.3, 0.4) is 0 Å². The van der Waals surface area contributed by atoms with Crippen LogP contribution in [0.5, 0.6) is 0 Å². The van der Waals surface area contributed by atoms with E-state index in [0.29, 0.717) is 17.3 Å². The van der Waals surface area contributed by atoms with Crippen LogP contribution in [-0.2, 0) is 23.9 Å². The van der Waals surface area contributed by atoms with Gasteiger partial charge in [0.2, 0.25) is 5.95 Å². The van der Waals surface area contributed by atoms with E-state index >= 15 is 0 Å². The van der Waals surface area contributed by atoms with E-state index in [4.69, 9.17) is 9.05 Å². The Morgan fingerprint density at radius 3 is 2.77 bits per heavy atom. The molecule has 3 atom stereocenters. The second kappa shape index (κ2) is 8.80. The normalized spacial score (nSPS) is 22.9. The fourth-order valence-corrected chi connectivity index (χ4v) is 5.05. The molecule has 2 N–H and O–H groups in total. The van der Waals surface area contributed by atoms with E-state index in [1.807, 2.05) is 11.5 Å². The third kappa shape index (κ3) is 4.47. The van der Waals surface area contributed by atoms with Gasteiger partial charge in [0.05, 0.1) is 25.1 Å². The highest BCUT2D eigenvalue weighted by Gasteiger charge is 2.55. The molecule has 0 radical (unpaired) electrons. The maximum atomic E-state index is 13.2. The molecule has 2 heterocycles. The van der Waals surface area contributed by atoms with Crippen molar-refractivity contribution in [2.45, 2.75) is 25.8 Å². The Balaban J connectivity index is 1.81. The van der Waals surface area contributed by atoms with Crippen molar-refractivity contribution in [2.24, 2.45) is 5.92 Å². The molecular formula is C17H27N6O5PS. The molecule has 3 rings (SSSR count). The maximum Gasteiger partial charge on any atom is 0.407 e. The second-order valence-electron chi connectivity index (χ2n) is 7.42. The van der Waals surface area contributed by atoms with Crippen molar-refractivity contribution < 1.29 is 18.4 Å². The first-order chi connectivity index (χ1) is 14.1. The molecule has 1 aliphatic rings. The fraction of sp³-hybridized carbons (Fsp3) is 0.647. The smallest absolute Gasteiger partial charge is 0.359 e. The average Bonchev–Trinajstić information content (AvgIpc) is 3.14. The van der Waals surface area contributed by atoms with Crippen LogP contribution in [0.2, 0.25) is 0 Å². The van der Waals surface area contributed by atoms with Crippen LogP contribution in [0, 0.1) is 5.92 Å². The first-order valence-corrected chi connectivity index (χ1v) is 12.0. The van der Waals surface area contributed by atoms with Crippen molar-refractivity contribution in [3.8, 4) is 0 Å². The number of fused-ring (bicyclic) bond motifs is 1. The first kappa shape index (κ1) is 23.0. The van der Waals surface area contributed by atoms with Crippen molar-refractivity contribution in [3.05, 3.63) is 16.7 Å². The van der Waals surface area contributed by atoms with Crippen LogP contribution >= 0.6 is 19.5 Å². The van der Waals surface area contributed by atoms with Crippen LogP contribution in [0.1, 0.15) is 20.3 Å². The molecule has 2 aromatic heterocycles. The number of thioether (sulfide) groups is 1. The molecular weight excluding hydrogens is 431 g/mol. The van der Waals surface area contributed by atoms with Crippen molar-refractivity contribution in [1.82, 2.24) is 24.2 Å². The summed E-state index contributed by atoms with van der Waals surface area (Å²) in [5.74, 6) is 0.936. The fourth-order valence-electron chi connectivity index (χ4n) is 3.23. The largest absolute Gasteiger partial charge is 0.407 e. The Bertz CT molecular complexity index is 1040. The standard InChI is InChI=1S/C17H27N6O5PS/c1-11-8-17(11,9-28-29(26,22(4)5)27-6-7-30-12(2)24)23-10-19-13-14(23)20-16(18-3)21-15(13)25/h10-11H,6-9H2,1-5H3,(H2,18,20,21,25). The van der Waals surface area contributed by atoms with Crippen LogP contribution < -0.4 is 10.9 Å². The third-order valence-electron chi connectivity index (χ3n) is 5.15. The number of anilines is 1. The van der Waals surface area contributed by atoms with Gasteiger partial charge in [-0.1, -0.05) is 18.7 Å². The molecule has 0 spiro atoms. The van der Waals surface area contributed by atoms with Crippen molar-refractivity contribution >= 4 is 41.7 Å². The van der Waals surface area contributed by atoms with Gasteiger partial charge >= 0.3 is 7.75 Å². The summed E-state index contributed by atoms with van der Waals surface area (Å²) in [6.07, 6.45) is 2.33. The number of carbonyl (C=O) groups is 1. The van der Waals surface area contributed by atoms with Gasteiger partial charge in [-0.2, -0.15) is 4.98 Å². The topological polar surface area (TPSA) is 131 Å². The van der Waals surface area contributed by atoms with Gasteiger partial charge in [0.1, 0.15) is 0 Å². The van der Waals surface area contributed by atoms with E-state index in [2.05, 4.69) is 20.3 Å². The SMILES string of the molecule is CNc1nc2c(ncn2C2(COP(=O)(OCCSC(C)=O)N(C)C)CC2C)c(=O)[nH]1. The Morgan fingerprint density at radius 2 is 2.20 bits per heavy atom. The Labute approximate surface area is 178 Å². The summed E-state index contributed by atoms with van der Waals surface area (Å²) in [4.78, 5) is 34.6. The van der Waals surface area contributed by atoms with Gasteiger partial charge in [-0.3, -0.25) is 23.6 Å². The molecule has 0 aliphatic heterocycles. The van der Waals surface area contributed by atoms with Gasteiger partial charge in [0.25, 0.3) is 5.56 Å². The van der Waals surface area contributed by atoms with Crippen molar-refractivity contribution in [3.63, 3.8) is 0 Å². The second-order valence-corrected chi connectivity index (χ2v) is 10.9. The number of aromatic amines is 1. The van der Waals surface area contributed by atoms with Crippen LogP contribution in [0.25, 0.3) is 11.2 Å². The zero-order valence-corrected chi connectivity index (χ0v) is 19.4.